The van der Waals surface area contributed by atoms with E-state index in [4.69, 9.17) is 18.9 Å². The van der Waals surface area contributed by atoms with Crippen LogP contribution in [0.5, 0.6) is 0 Å². The number of hydrogen-bond acceptors (Lipinski definition) is 10. The molecule has 0 aromatic carbocycles. The quantitative estimate of drug-likeness (QED) is 0.262. The molecule has 0 spiro atoms. The van der Waals surface area contributed by atoms with Gasteiger partial charge in [0, 0.05) is 13.1 Å². The van der Waals surface area contributed by atoms with Crippen molar-refractivity contribution < 1.29 is 38.1 Å². The molecule has 0 fully saturated rings. The average molecular weight is 461 g/mol. The van der Waals surface area contributed by atoms with Gasteiger partial charge in [0.2, 0.25) is 0 Å². The van der Waals surface area contributed by atoms with Gasteiger partial charge in [-0.3, -0.25) is 29.0 Å². The average Bonchev–Trinajstić information content (AvgIpc) is 2.75. The molecule has 0 aliphatic carbocycles. The van der Waals surface area contributed by atoms with Gasteiger partial charge in [-0.05, 0) is 55.4 Å². The Kier molecular flexibility index (Phi) is 14.5. The minimum absolute atomic E-state index is 0.188. The smallest absolute Gasteiger partial charge is 0.323 e. The van der Waals surface area contributed by atoms with Crippen LogP contribution in [0, 0.1) is 0 Å². The molecule has 0 rings (SSSR count). The summed E-state index contributed by atoms with van der Waals surface area (Å²) >= 11 is 0. The van der Waals surface area contributed by atoms with Gasteiger partial charge in [0.05, 0.1) is 26.4 Å². The highest BCUT2D eigenvalue weighted by atomic mass is 16.5. The van der Waals surface area contributed by atoms with Gasteiger partial charge in [-0.25, -0.2) is 0 Å². The molecule has 0 radical (unpaired) electrons. The highest BCUT2D eigenvalue weighted by molar-refractivity contribution is 5.80. The van der Waals surface area contributed by atoms with E-state index in [9.17, 15) is 19.2 Å². The molecule has 10 nitrogen and oxygen atoms in total. The maximum Gasteiger partial charge on any atom is 0.323 e. The summed E-state index contributed by atoms with van der Waals surface area (Å²) in [5.74, 6) is -1.92. The van der Waals surface area contributed by atoms with Crippen LogP contribution < -0.4 is 0 Å². The van der Waals surface area contributed by atoms with Crippen molar-refractivity contribution in [2.45, 2.75) is 79.6 Å². The van der Waals surface area contributed by atoms with E-state index in [-0.39, 0.29) is 39.5 Å². The first-order valence-electron chi connectivity index (χ1n) is 11.2. The predicted octanol–water partition coefficient (Wildman–Crippen LogP) is 1.40. The lowest BCUT2D eigenvalue weighted by Crippen LogP contribution is -2.55. The standard InChI is InChI=1S/C22H40N2O8/c1-9-29-19(25)15(5)23(16(6)20(26)30-10-2)13-14-24(17(7)21(27)31-11-3)18(8)22(28)32-12-4/h15-18H,9-14H2,1-8H3/t15-,16-,17-,18+/m1/s1. The summed E-state index contributed by atoms with van der Waals surface area (Å²) in [5, 5.41) is 0. The maximum atomic E-state index is 12.4. The van der Waals surface area contributed by atoms with E-state index < -0.39 is 48.0 Å². The van der Waals surface area contributed by atoms with E-state index >= 15 is 0 Å². The lowest BCUT2D eigenvalue weighted by atomic mass is 10.1. The lowest BCUT2D eigenvalue weighted by Gasteiger charge is -2.36. The highest BCUT2D eigenvalue weighted by Gasteiger charge is 2.35. The van der Waals surface area contributed by atoms with Crippen LogP contribution in [0.2, 0.25) is 0 Å². The molecule has 0 aromatic rings. The van der Waals surface area contributed by atoms with Crippen molar-refractivity contribution in [3.05, 3.63) is 0 Å². The zero-order valence-corrected chi connectivity index (χ0v) is 20.7. The third kappa shape index (κ3) is 9.12. The zero-order valence-electron chi connectivity index (χ0n) is 20.7. The molecular formula is C22H40N2O8. The van der Waals surface area contributed by atoms with Crippen molar-refractivity contribution in [3.8, 4) is 0 Å². The fraction of sp³-hybridized carbons (Fsp3) is 0.818. The Balaban J connectivity index is 5.79. The Hall–Kier alpha value is -2.20. The molecule has 0 aliphatic heterocycles. The van der Waals surface area contributed by atoms with Crippen molar-refractivity contribution in [2.24, 2.45) is 0 Å². The number of rotatable bonds is 15. The SMILES string of the molecule is CCOC(=O)[C@@H](C)N(CCN([C@H](C)C(=O)OCC)[C@@H](C)C(=O)OCC)[C@H](C)C(=O)OCC. The van der Waals surface area contributed by atoms with Crippen LogP contribution in [0.15, 0.2) is 0 Å². The molecule has 0 aromatic heterocycles. The third-order valence-electron chi connectivity index (χ3n) is 5.12. The van der Waals surface area contributed by atoms with Crippen molar-refractivity contribution in [3.63, 3.8) is 0 Å². The molecule has 0 heterocycles. The third-order valence-corrected chi connectivity index (χ3v) is 5.12. The molecule has 0 unspecified atom stereocenters. The summed E-state index contributed by atoms with van der Waals surface area (Å²) in [6.45, 7) is 14.6. The Bertz CT molecular complexity index is 513. The van der Waals surface area contributed by atoms with E-state index in [1.807, 2.05) is 0 Å². The molecule has 0 bridgehead atoms. The van der Waals surface area contributed by atoms with E-state index in [1.165, 1.54) is 0 Å². The normalized spacial score (nSPS) is 14.9. The monoisotopic (exact) mass is 460 g/mol. The van der Waals surface area contributed by atoms with Gasteiger partial charge >= 0.3 is 23.9 Å². The lowest BCUT2D eigenvalue weighted by molar-refractivity contribution is -0.160. The van der Waals surface area contributed by atoms with E-state index in [0.29, 0.717) is 0 Å². The first kappa shape index (κ1) is 29.8. The minimum atomic E-state index is -0.744. The van der Waals surface area contributed by atoms with Gasteiger partial charge < -0.3 is 18.9 Å². The van der Waals surface area contributed by atoms with Gasteiger partial charge in [-0.2, -0.15) is 0 Å². The second kappa shape index (κ2) is 15.6. The van der Waals surface area contributed by atoms with Crippen LogP contribution in [0.25, 0.3) is 0 Å². The van der Waals surface area contributed by atoms with Crippen molar-refractivity contribution in [1.82, 2.24) is 9.80 Å². The van der Waals surface area contributed by atoms with Gasteiger partial charge in [-0.1, -0.05) is 0 Å². The van der Waals surface area contributed by atoms with E-state index in [2.05, 4.69) is 0 Å². The molecule has 0 saturated heterocycles. The molecular weight excluding hydrogens is 420 g/mol. The predicted molar refractivity (Wildman–Crippen MR) is 118 cm³/mol. The largest absolute Gasteiger partial charge is 0.465 e. The van der Waals surface area contributed by atoms with Gasteiger partial charge in [0.15, 0.2) is 0 Å². The Labute approximate surface area is 191 Å². The molecule has 0 amide bonds. The fourth-order valence-corrected chi connectivity index (χ4v) is 3.27. The second-order valence-electron chi connectivity index (χ2n) is 7.19. The van der Waals surface area contributed by atoms with Gasteiger partial charge in [0.25, 0.3) is 0 Å². The summed E-state index contributed by atoms with van der Waals surface area (Å²) in [7, 11) is 0. The molecule has 186 valence electrons. The van der Waals surface area contributed by atoms with Gasteiger partial charge in [0.1, 0.15) is 24.2 Å². The Morgan fingerprint density at radius 3 is 0.844 bits per heavy atom. The number of esters is 4. The molecule has 32 heavy (non-hydrogen) atoms. The number of nitrogens with zero attached hydrogens (tertiary/aromatic N) is 2. The van der Waals surface area contributed by atoms with Crippen molar-refractivity contribution in [2.75, 3.05) is 39.5 Å². The number of hydrogen-bond donors (Lipinski definition) is 0. The Morgan fingerprint density at radius 1 is 0.500 bits per heavy atom. The van der Waals surface area contributed by atoms with Crippen LogP contribution in [0.3, 0.4) is 0 Å². The summed E-state index contributed by atoms with van der Waals surface area (Å²) < 4.78 is 20.5. The summed E-state index contributed by atoms with van der Waals surface area (Å²) in [6, 6.07) is -2.97. The van der Waals surface area contributed by atoms with E-state index in [0.717, 1.165) is 0 Å². The fourth-order valence-electron chi connectivity index (χ4n) is 3.27. The number of carbonyl (C=O) groups excluding carboxylic acids is 4. The van der Waals surface area contributed by atoms with E-state index in [1.54, 1.807) is 65.2 Å². The maximum absolute atomic E-state index is 12.4. The molecule has 0 N–H and O–H groups in total. The number of carbonyl (C=O) groups is 4. The molecule has 0 aliphatic rings. The van der Waals surface area contributed by atoms with Crippen molar-refractivity contribution >= 4 is 23.9 Å². The molecule has 10 heteroatoms. The van der Waals surface area contributed by atoms with Crippen molar-refractivity contribution in [1.29, 1.82) is 0 Å². The van der Waals surface area contributed by atoms with Gasteiger partial charge in [-0.15, -0.1) is 0 Å². The molecule has 4 atom stereocenters. The molecule has 0 saturated carbocycles. The minimum Gasteiger partial charge on any atom is -0.465 e. The Morgan fingerprint density at radius 2 is 0.688 bits per heavy atom. The topological polar surface area (TPSA) is 112 Å². The van der Waals surface area contributed by atoms with Crippen LogP contribution in [-0.4, -0.2) is 97.4 Å². The first-order chi connectivity index (χ1) is 15.1. The summed E-state index contributed by atoms with van der Waals surface area (Å²) in [5.41, 5.74) is 0. The summed E-state index contributed by atoms with van der Waals surface area (Å²) in [4.78, 5) is 52.8. The van der Waals surface area contributed by atoms with Crippen LogP contribution in [0.4, 0.5) is 0 Å². The first-order valence-corrected chi connectivity index (χ1v) is 11.2. The van der Waals surface area contributed by atoms with Crippen LogP contribution >= 0.6 is 0 Å². The van der Waals surface area contributed by atoms with Crippen LogP contribution in [0.1, 0.15) is 55.4 Å². The second-order valence-corrected chi connectivity index (χ2v) is 7.19. The number of ether oxygens (including phenoxy) is 4. The summed E-state index contributed by atoms with van der Waals surface area (Å²) in [6.07, 6.45) is 0. The van der Waals surface area contributed by atoms with Crippen LogP contribution in [-0.2, 0) is 38.1 Å². The zero-order chi connectivity index (χ0) is 24.8. The highest BCUT2D eigenvalue weighted by Crippen LogP contribution is 2.14.